The second kappa shape index (κ2) is 8.32. The third kappa shape index (κ3) is 4.52. The summed E-state index contributed by atoms with van der Waals surface area (Å²) in [6.07, 6.45) is 7.29. The van der Waals surface area contributed by atoms with Crippen molar-refractivity contribution in [2.24, 2.45) is 5.92 Å². The largest absolute Gasteiger partial charge is 0.300 e. The van der Waals surface area contributed by atoms with Crippen LogP contribution in [0.25, 0.3) is 0 Å². The highest BCUT2D eigenvalue weighted by Crippen LogP contribution is 2.42. The van der Waals surface area contributed by atoms with E-state index in [4.69, 9.17) is 0 Å². The molecule has 1 aromatic heterocycles. The average Bonchev–Trinajstić information content (AvgIpc) is 3.13. The molecular weight excluding hydrogens is 318 g/mol. The van der Waals surface area contributed by atoms with Gasteiger partial charge in [0, 0.05) is 25.8 Å². The molecule has 2 heterocycles. The van der Waals surface area contributed by atoms with Gasteiger partial charge in [0.05, 0.1) is 5.69 Å². The number of aromatic nitrogens is 1. The van der Waals surface area contributed by atoms with Crippen molar-refractivity contribution in [3.8, 4) is 0 Å². The van der Waals surface area contributed by atoms with Crippen LogP contribution < -0.4 is 0 Å². The predicted molar refractivity (Wildman–Crippen MR) is 107 cm³/mol. The molecule has 1 saturated heterocycles. The molecule has 2 aliphatic rings. The summed E-state index contributed by atoms with van der Waals surface area (Å²) in [5.74, 6) is 1.60. The number of pyridine rings is 1. The molecular formula is C23H31N3. The van der Waals surface area contributed by atoms with Gasteiger partial charge in [-0.1, -0.05) is 30.3 Å². The van der Waals surface area contributed by atoms with Crippen molar-refractivity contribution in [1.29, 1.82) is 0 Å². The van der Waals surface area contributed by atoms with Crippen molar-refractivity contribution < 1.29 is 0 Å². The molecule has 1 aliphatic carbocycles. The third-order valence-electron chi connectivity index (χ3n) is 6.02. The van der Waals surface area contributed by atoms with Crippen LogP contribution in [0.15, 0.2) is 48.7 Å². The van der Waals surface area contributed by atoms with E-state index in [1.54, 1.807) is 5.56 Å². The van der Waals surface area contributed by atoms with Gasteiger partial charge < -0.3 is 4.90 Å². The monoisotopic (exact) mass is 349 g/mol. The summed E-state index contributed by atoms with van der Waals surface area (Å²) in [5, 5.41) is 0. The Labute approximate surface area is 158 Å². The zero-order valence-electron chi connectivity index (χ0n) is 16.0. The van der Waals surface area contributed by atoms with E-state index in [2.05, 4.69) is 58.2 Å². The van der Waals surface area contributed by atoms with E-state index in [-0.39, 0.29) is 0 Å². The summed E-state index contributed by atoms with van der Waals surface area (Å²) in [6, 6.07) is 15.6. The van der Waals surface area contributed by atoms with Crippen LogP contribution in [0, 0.1) is 5.92 Å². The number of likely N-dealkylation sites (tertiary alicyclic amines) is 1. The van der Waals surface area contributed by atoms with Crippen molar-refractivity contribution in [3.63, 3.8) is 0 Å². The molecule has 0 radical (unpaired) electrons. The lowest BCUT2D eigenvalue weighted by atomic mass is 9.71. The Bertz CT molecular complexity index is 670. The van der Waals surface area contributed by atoms with E-state index in [1.165, 1.54) is 56.6 Å². The van der Waals surface area contributed by atoms with Crippen molar-refractivity contribution >= 4 is 0 Å². The lowest BCUT2D eigenvalue weighted by Crippen LogP contribution is -2.33. The maximum absolute atomic E-state index is 4.43. The minimum absolute atomic E-state index is 0.768. The van der Waals surface area contributed by atoms with Gasteiger partial charge in [0.1, 0.15) is 0 Å². The van der Waals surface area contributed by atoms with Crippen molar-refractivity contribution in [2.75, 3.05) is 26.7 Å². The first-order valence-corrected chi connectivity index (χ1v) is 10.2. The quantitative estimate of drug-likeness (QED) is 0.743. The standard InChI is InChI=1S/C23H31N3/c1-25(18-23-6-2-3-11-24-23)16-20-14-22(15-20)21-9-7-19(8-10-21)17-26-12-4-5-13-26/h2-3,6-11,20,22H,4-5,12-18H2,1H3. The number of hydrogen-bond donors (Lipinski definition) is 0. The highest BCUT2D eigenvalue weighted by Gasteiger charge is 2.30. The van der Waals surface area contributed by atoms with Gasteiger partial charge in [0.25, 0.3) is 0 Å². The van der Waals surface area contributed by atoms with Gasteiger partial charge in [-0.25, -0.2) is 0 Å². The van der Waals surface area contributed by atoms with Gasteiger partial charge in [0.2, 0.25) is 0 Å². The predicted octanol–water partition coefficient (Wildman–Crippen LogP) is 4.30. The molecule has 0 atom stereocenters. The summed E-state index contributed by atoms with van der Waals surface area (Å²) in [7, 11) is 2.22. The van der Waals surface area contributed by atoms with Crippen LogP contribution in [0.4, 0.5) is 0 Å². The van der Waals surface area contributed by atoms with Crippen molar-refractivity contribution in [2.45, 2.75) is 44.7 Å². The molecule has 0 unspecified atom stereocenters. The summed E-state index contributed by atoms with van der Waals surface area (Å²) < 4.78 is 0. The molecule has 1 saturated carbocycles. The topological polar surface area (TPSA) is 19.4 Å². The molecule has 2 aromatic rings. The third-order valence-corrected chi connectivity index (χ3v) is 6.02. The highest BCUT2D eigenvalue weighted by atomic mass is 15.1. The van der Waals surface area contributed by atoms with Gasteiger partial charge in [-0.05, 0) is 80.9 Å². The van der Waals surface area contributed by atoms with Crippen LogP contribution >= 0.6 is 0 Å². The average molecular weight is 350 g/mol. The molecule has 26 heavy (non-hydrogen) atoms. The van der Waals surface area contributed by atoms with Crippen LogP contribution in [0.1, 0.15) is 48.4 Å². The minimum atomic E-state index is 0.768. The van der Waals surface area contributed by atoms with Crippen LogP contribution in [0.5, 0.6) is 0 Å². The maximum atomic E-state index is 4.43. The Hall–Kier alpha value is -1.71. The first-order valence-electron chi connectivity index (χ1n) is 10.2. The second-order valence-electron chi connectivity index (χ2n) is 8.28. The molecule has 0 N–H and O–H groups in total. The lowest BCUT2D eigenvalue weighted by Gasteiger charge is -2.38. The van der Waals surface area contributed by atoms with E-state index in [0.29, 0.717) is 0 Å². The first-order chi connectivity index (χ1) is 12.8. The number of nitrogens with zero attached hydrogens (tertiary/aromatic N) is 3. The Morgan fingerprint density at radius 1 is 1.04 bits per heavy atom. The molecule has 138 valence electrons. The number of benzene rings is 1. The zero-order valence-corrected chi connectivity index (χ0v) is 16.0. The summed E-state index contributed by atoms with van der Waals surface area (Å²) in [5.41, 5.74) is 4.18. The van der Waals surface area contributed by atoms with Crippen LogP contribution in [-0.4, -0.2) is 41.5 Å². The fourth-order valence-electron chi connectivity index (χ4n) is 4.52. The summed E-state index contributed by atoms with van der Waals surface area (Å²) in [4.78, 5) is 9.43. The highest BCUT2D eigenvalue weighted by molar-refractivity contribution is 5.27. The Morgan fingerprint density at radius 3 is 2.50 bits per heavy atom. The van der Waals surface area contributed by atoms with E-state index < -0.39 is 0 Å². The van der Waals surface area contributed by atoms with Gasteiger partial charge in [-0.2, -0.15) is 0 Å². The van der Waals surface area contributed by atoms with Gasteiger partial charge in [-0.3, -0.25) is 9.88 Å². The number of rotatable bonds is 7. The molecule has 3 heteroatoms. The zero-order chi connectivity index (χ0) is 17.8. The molecule has 2 fully saturated rings. The summed E-state index contributed by atoms with van der Waals surface area (Å²) >= 11 is 0. The molecule has 0 bridgehead atoms. The molecule has 1 aliphatic heterocycles. The molecule has 3 nitrogen and oxygen atoms in total. The van der Waals surface area contributed by atoms with Crippen LogP contribution in [0.2, 0.25) is 0 Å². The van der Waals surface area contributed by atoms with E-state index in [1.807, 2.05) is 12.3 Å². The fraction of sp³-hybridized carbons (Fsp3) is 0.522. The molecule has 4 rings (SSSR count). The molecule has 0 amide bonds. The Balaban J connectivity index is 1.21. The Morgan fingerprint density at radius 2 is 1.81 bits per heavy atom. The fourth-order valence-corrected chi connectivity index (χ4v) is 4.52. The van der Waals surface area contributed by atoms with Gasteiger partial charge >= 0.3 is 0 Å². The van der Waals surface area contributed by atoms with E-state index in [0.717, 1.165) is 24.9 Å². The molecule has 0 spiro atoms. The van der Waals surface area contributed by atoms with Crippen LogP contribution in [0.3, 0.4) is 0 Å². The minimum Gasteiger partial charge on any atom is -0.300 e. The SMILES string of the molecule is CN(Cc1ccccn1)CC1CC(c2ccc(CN3CCCC3)cc2)C1. The smallest absolute Gasteiger partial charge is 0.0543 e. The van der Waals surface area contributed by atoms with Crippen molar-refractivity contribution in [3.05, 3.63) is 65.5 Å². The van der Waals surface area contributed by atoms with Gasteiger partial charge in [0.15, 0.2) is 0 Å². The normalized spacial score (nSPS) is 23.3. The second-order valence-corrected chi connectivity index (χ2v) is 8.28. The maximum Gasteiger partial charge on any atom is 0.0543 e. The Kier molecular flexibility index (Phi) is 5.66. The van der Waals surface area contributed by atoms with E-state index in [9.17, 15) is 0 Å². The van der Waals surface area contributed by atoms with Crippen LogP contribution in [-0.2, 0) is 13.1 Å². The first kappa shape index (κ1) is 17.7. The molecule has 1 aromatic carbocycles. The number of hydrogen-bond acceptors (Lipinski definition) is 3. The lowest BCUT2D eigenvalue weighted by molar-refractivity contribution is 0.175. The summed E-state index contributed by atoms with van der Waals surface area (Å²) in [6.45, 7) is 5.81. The van der Waals surface area contributed by atoms with Gasteiger partial charge in [-0.15, -0.1) is 0 Å². The van der Waals surface area contributed by atoms with Crippen molar-refractivity contribution in [1.82, 2.24) is 14.8 Å². The van der Waals surface area contributed by atoms with E-state index >= 15 is 0 Å².